The molecule has 1 amide bonds. The Hall–Kier alpha value is -3.42. The maximum Gasteiger partial charge on any atom is 0.306 e. The summed E-state index contributed by atoms with van der Waals surface area (Å²) in [4.78, 5) is 26.7. The van der Waals surface area contributed by atoms with E-state index in [1.807, 2.05) is 6.08 Å². The molecule has 1 saturated heterocycles. The fraction of sp³-hybridized carbons (Fsp3) is 0.757. The Morgan fingerprint density at radius 2 is 0.847 bits per heavy atom. The van der Waals surface area contributed by atoms with Crippen LogP contribution in [0.1, 0.15) is 297 Å². The lowest BCUT2D eigenvalue weighted by atomic mass is 9.99. The molecule has 1 aliphatic heterocycles. The van der Waals surface area contributed by atoms with Gasteiger partial charge in [-0.3, -0.25) is 9.59 Å². The quantitative estimate of drug-likeness (QED) is 0.0195. The molecule has 490 valence electrons. The lowest BCUT2D eigenvalue weighted by molar-refractivity contribution is -0.305. The molecule has 0 bridgehead atoms. The minimum absolute atomic E-state index is 0.115. The summed E-state index contributed by atoms with van der Waals surface area (Å²) in [5.74, 6) is -1.20. The third-order valence-corrected chi connectivity index (χ3v) is 16.0. The van der Waals surface area contributed by atoms with E-state index in [0.29, 0.717) is 12.8 Å². The molecule has 8 atom stereocenters. The van der Waals surface area contributed by atoms with E-state index in [1.54, 1.807) is 6.08 Å². The largest absolute Gasteiger partial charge is 0.454 e. The minimum Gasteiger partial charge on any atom is -0.454 e. The Morgan fingerprint density at radius 1 is 0.471 bits per heavy atom. The number of amides is 1. The number of esters is 1. The van der Waals surface area contributed by atoms with E-state index < -0.39 is 67.4 Å². The van der Waals surface area contributed by atoms with Crippen molar-refractivity contribution >= 4 is 11.9 Å². The average Bonchev–Trinajstić information content (AvgIpc) is 3.17. The number of ether oxygens (including phenoxy) is 3. The van der Waals surface area contributed by atoms with Crippen molar-refractivity contribution in [2.24, 2.45) is 0 Å². The van der Waals surface area contributed by atoms with Gasteiger partial charge in [0.05, 0.1) is 25.4 Å². The van der Waals surface area contributed by atoms with Crippen LogP contribution in [-0.2, 0) is 23.8 Å². The van der Waals surface area contributed by atoms with Crippen molar-refractivity contribution in [2.75, 3.05) is 13.2 Å². The highest BCUT2D eigenvalue weighted by Gasteiger charge is 2.47. The second-order valence-electron chi connectivity index (χ2n) is 23.9. The highest BCUT2D eigenvalue weighted by molar-refractivity contribution is 5.80. The van der Waals surface area contributed by atoms with Gasteiger partial charge >= 0.3 is 5.97 Å². The van der Waals surface area contributed by atoms with Crippen LogP contribution < -0.4 is 5.32 Å². The van der Waals surface area contributed by atoms with Crippen LogP contribution >= 0.6 is 0 Å². The second-order valence-corrected chi connectivity index (χ2v) is 23.9. The third-order valence-electron chi connectivity index (χ3n) is 16.0. The zero-order chi connectivity index (χ0) is 61.7. The SMILES string of the molecule is CC/C=C\C/C=C\C/C=C\C/C=C\C/C=C\CCCCCCCCCCC(O)C(=O)NC(COC1OC(CO)C(O)C(O)C1OC(=O)CCCCCCCCCCC/C=C\C/C=C\CCCCC)C(O)/C=C/CCCCCCCCCCCCC. The monoisotopic (exact) mass is 1190 g/mol. The number of aliphatic hydroxyl groups excluding tert-OH is 5. The van der Waals surface area contributed by atoms with Gasteiger partial charge in [-0.05, 0) is 103 Å². The van der Waals surface area contributed by atoms with Crippen LogP contribution in [0.3, 0.4) is 0 Å². The molecule has 0 saturated carbocycles. The van der Waals surface area contributed by atoms with E-state index in [9.17, 15) is 35.1 Å². The number of unbranched alkanes of at least 4 members (excludes halogenated alkanes) is 31. The Kier molecular flexibility index (Phi) is 57.0. The molecule has 1 fully saturated rings. The second kappa shape index (κ2) is 60.8. The topological polar surface area (TPSA) is 175 Å². The van der Waals surface area contributed by atoms with Crippen molar-refractivity contribution in [3.63, 3.8) is 0 Å². The van der Waals surface area contributed by atoms with Gasteiger partial charge in [0, 0.05) is 6.42 Å². The zero-order valence-electron chi connectivity index (χ0n) is 54.5. The molecule has 0 spiro atoms. The summed E-state index contributed by atoms with van der Waals surface area (Å²) < 4.78 is 17.7. The molecule has 0 aromatic carbocycles. The minimum atomic E-state index is -1.62. The first-order valence-corrected chi connectivity index (χ1v) is 35.0. The molecule has 6 N–H and O–H groups in total. The van der Waals surface area contributed by atoms with Crippen LogP contribution in [0.4, 0.5) is 0 Å². The van der Waals surface area contributed by atoms with Gasteiger partial charge in [0.1, 0.15) is 24.4 Å². The van der Waals surface area contributed by atoms with E-state index in [4.69, 9.17) is 14.2 Å². The van der Waals surface area contributed by atoms with Gasteiger partial charge in [-0.25, -0.2) is 0 Å². The number of nitrogens with one attached hydrogen (secondary N) is 1. The summed E-state index contributed by atoms with van der Waals surface area (Å²) in [6, 6.07) is -1.03. The van der Waals surface area contributed by atoms with Crippen LogP contribution in [0, 0.1) is 0 Å². The molecule has 11 heteroatoms. The van der Waals surface area contributed by atoms with Crippen LogP contribution in [-0.4, -0.2) is 99.6 Å². The molecule has 0 aromatic rings. The number of carbonyl (C=O) groups is 2. The molecule has 85 heavy (non-hydrogen) atoms. The maximum atomic E-state index is 13.5. The van der Waals surface area contributed by atoms with E-state index in [0.717, 1.165) is 122 Å². The van der Waals surface area contributed by atoms with E-state index in [2.05, 4.69) is 111 Å². The summed E-state index contributed by atoms with van der Waals surface area (Å²) in [7, 11) is 0. The summed E-state index contributed by atoms with van der Waals surface area (Å²) in [5.41, 5.74) is 0. The predicted molar refractivity (Wildman–Crippen MR) is 356 cm³/mol. The number of aliphatic hydroxyl groups is 5. The molecule has 1 heterocycles. The number of carbonyl (C=O) groups excluding carboxylic acids is 2. The molecule has 0 aromatic heterocycles. The summed E-state index contributed by atoms with van der Waals surface area (Å²) in [6.45, 7) is 5.67. The van der Waals surface area contributed by atoms with E-state index in [-0.39, 0.29) is 19.4 Å². The summed E-state index contributed by atoms with van der Waals surface area (Å²) >= 11 is 0. The van der Waals surface area contributed by atoms with Gasteiger partial charge in [-0.1, -0.05) is 285 Å². The van der Waals surface area contributed by atoms with Crippen LogP contribution in [0.15, 0.2) is 97.2 Å². The first kappa shape index (κ1) is 79.6. The Morgan fingerprint density at radius 3 is 1.29 bits per heavy atom. The number of allylic oxidation sites excluding steroid dienone is 15. The smallest absolute Gasteiger partial charge is 0.306 e. The predicted octanol–water partition coefficient (Wildman–Crippen LogP) is 17.8. The first-order chi connectivity index (χ1) is 41.7. The van der Waals surface area contributed by atoms with E-state index in [1.165, 1.54) is 128 Å². The van der Waals surface area contributed by atoms with Crippen LogP contribution in [0.25, 0.3) is 0 Å². The molecule has 1 aliphatic rings. The van der Waals surface area contributed by atoms with Gasteiger partial charge in [0.15, 0.2) is 12.4 Å². The van der Waals surface area contributed by atoms with Crippen molar-refractivity contribution in [3.8, 4) is 0 Å². The number of hydrogen-bond donors (Lipinski definition) is 6. The third kappa shape index (κ3) is 48.2. The molecular weight excluding hydrogens is 1060 g/mol. The van der Waals surface area contributed by atoms with Crippen molar-refractivity contribution in [3.05, 3.63) is 97.2 Å². The fourth-order valence-electron chi connectivity index (χ4n) is 10.5. The van der Waals surface area contributed by atoms with Crippen molar-refractivity contribution in [2.45, 2.75) is 346 Å². The molecule has 1 rings (SSSR count). The van der Waals surface area contributed by atoms with Gasteiger partial charge in [-0.15, -0.1) is 0 Å². The highest BCUT2D eigenvalue weighted by atomic mass is 16.7. The molecular formula is C74H129NO10. The maximum absolute atomic E-state index is 13.5. The zero-order valence-corrected chi connectivity index (χ0v) is 54.5. The average molecular weight is 1190 g/mol. The summed E-state index contributed by atoms with van der Waals surface area (Å²) in [6.07, 6.45) is 71.5. The van der Waals surface area contributed by atoms with Gasteiger partial charge in [0.2, 0.25) is 5.91 Å². The number of rotatable bonds is 59. The number of hydrogen-bond acceptors (Lipinski definition) is 10. The molecule has 0 aliphatic carbocycles. The van der Waals surface area contributed by atoms with Crippen LogP contribution in [0.5, 0.6) is 0 Å². The van der Waals surface area contributed by atoms with Gasteiger partial charge in [-0.2, -0.15) is 0 Å². The van der Waals surface area contributed by atoms with Crippen molar-refractivity contribution in [1.29, 1.82) is 0 Å². The van der Waals surface area contributed by atoms with Crippen LogP contribution in [0.2, 0.25) is 0 Å². The normalized spacial score (nSPS) is 19.0. The lowest BCUT2D eigenvalue weighted by Crippen LogP contribution is -2.61. The van der Waals surface area contributed by atoms with Crippen molar-refractivity contribution in [1.82, 2.24) is 5.32 Å². The molecule has 8 unspecified atom stereocenters. The molecule has 0 radical (unpaired) electrons. The standard InChI is InChI=1S/C74H129NO10/c1-4-7-10-13-16-19-22-25-27-29-31-32-33-34-35-37-38-40-43-46-49-52-55-58-61-67(78)73(82)75-65(66(77)60-57-54-51-48-45-42-24-21-18-15-12-9-6-3)64-83-74-72(71(81)70(80)68(63-76)84-74)85-69(79)62-59-56-53-50-47-44-41-39-36-30-28-26-23-20-17-14-11-8-5-2/h7,10,16-17,19-20,25-28,31-32,34-35,57,60,65-68,70-72,74,76-78,80-81H,4-6,8-9,11-15,18,21-24,29-30,33,36-56,58-59,61-64H2,1-3H3,(H,75,82)/b10-7-,19-16-,20-17-,27-25-,28-26-,32-31-,35-34-,60-57+. The first-order valence-electron chi connectivity index (χ1n) is 35.0. The van der Waals surface area contributed by atoms with E-state index >= 15 is 0 Å². The Balaban J connectivity index is 2.62. The Bertz CT molecular complexity index is 1750. The van der Waals surface area contributed by atoms with Gasteiger partial charge in [0.25, 0.3) is 0 Å². The lowest BCUT2D eigenvalue weighted by Gasteiger charge is -2.41. The van der Waals surface area contributed by atoms with Crippen molar-refractivity contribution < 1.29 is 49.3 Å². The fourth-order valence-corrected chi connectivity index (χ4v) is 10.5. The highest BCUT2D eigenvalue weighted by Crippen LogP contribution is 2.26. The summed E-state index contributed by atoms with van der Waals surface area (Å²) in [5, 5.41) is 57.2. The Labute approximate surface area is 520 Å². The van der Waals surface area contributed by atoms with Gasteiger partial charge < -0.3 is 45.1 Å². The molecule has 11 nitrogen and oxygen atoms in total.